The van der Waals surface area contributed by atoms with Crippen molar-refractivity contribution in [1.29, 1.82) is 0 Å². The fourth-order valence-corrected chi connectivity index (χ4v) is 3.08. The van der Waals surface area contributed by atoms with Crippen molar-refractivity contribution in [1.82, 2.24) is 9.97 Å². The van der Waals surface area contributed by atoms with Crippen LogP contribution >= 0.6 is 0 Å². The van der Waals surface area contributed by atoms with Gasteiger partial charge in [-0.1, -0.05) is 27.2 Å². The molecule has 0 radical (unpaired) electrons. The van der Waals surface area contributed by atoms with Crippen LogP contribution in [-0.2, 0) is 0 Å². The van der Waals surface area contributed by atoms with E-state index in [2.05, 4.69) is 36.1 Å². The van der Waals surface area contributed by atoms with E-state index in [9.17, 15) is 0 Å². The van der Waals surface area contributed by atoms with Crippen molar-refractivity contribution in [2.45, 2.75) is 53.1 Å². The normalized spacial score (nSPS) is 26.6. The van der Waals surface area contributed by atoms with Crippen LogP contribution in [0.1, 0.15) is 47.0 Å². The van der Waals surface area contributed by atoms with Crippen molar-refractivity contribution in [3.63, 3.8) is 0 Å². The van der Waals surface area contributed by atoms with E-state index in [1.807, 2.05) is 6.92 Å². The number of ether oxygens (including phenoxy) is 1. The molecule has 1 aromatic heterocycles. The molecule has 0 aromatic carbocycles. The molecule has 4 nitrogen and oxygen atoms in total. The van der Waals surface area contributed by atoms with Crippen LogP contribution in [0.4, 0.5) is 5.82 Å². The number of aromatic nitrogens is 2. The zero-order valence-corrected chi connectivity index (χ0v) is 13.1. The molecule has 1 heterocycles. The van der Waals surface area contributed by atoms with E-state index < -0.39 is 0 Å². The van der Waals surface area contributed by atoms with Gasteiger partial charge in [0.25, 0.3) is 0 Å². The van der Waals surface area contributed by atoms with Gasteiger partial charge in [0.2, 0.25) is 5.88 Å². The highest BCUT2D eigenvalue weighted by Crippen LogP contribution is 2.35. The molecule has 1 fully saturated rings. The lowest BCUT2D eigenvalue weighted by atomic mass is 9.75. The summed E-state index contributed by atoms with van der Waals surface area (Å²) < 4.78 is 6.17. The van der Waals surface area contributed by atoms with Gasteiger partial charge in [-0.15, -0.1) is 0 Å². The topological polar surface area (TPSA) is 47.0 Å². The largest absolute Gasteiger partial charge is 0.473 e. The Hall–Kier alpha value is -1.32. The quantitative estimate of drug-likeness (QED) is 0.890. The summed E-state index contributed by atoms with van der Waals surface area (Å²) in [6.45, 7) is 9.78. The summed E-state index contributed by atoms with van der Waals surface area (Å²) in [5.74, 6) is 3.44. The molecular weight excluding hydrogens is 250 g/mol. The van der Waals surface area contributed by atoms with Crippen LogP contribution in [0.15, 0.2) is 12.4 Å². The fourth-order valence-electron chi connectivity index (χ4n) is 3.08. The Balaban J connectivity index is 2.07. The molecule has 1 aromatic rings. The van der Waals surface area contributed by atoms with Gasteiger partial charge in [-0.05, 0) is 37.5 Å². The molecular formula is C16H27N3O. The lowest BCUT2D eigenvalue weighted by Gasteiger charge is -2.36. The molecule has 0 spiro atoms. The Morgan fingerprint density at radius 1 is 1.35 bits per heavy atom. The molecule has 3 atom stereocenters. The van der Waals surface area contributed by atoms with Crippen LogP contribution in [0, 0.1) is 17.8 Å². The van der Waals surface area contributed by atoms with Gasteiger partial charge in [-0.2, -0.15) is 4.98 Å². The predicted molar refractivity (Wildman–Crippen MR) is 82.0 cm³/mol. The third-order valence-electron chi connectivity index (χ3n) is 4.20. The molecule has 0 aliphatic heterocycles. The van der Waals surface area contributed by atoms with Gasteiger partial charge >= 0.3 is 0 Å². The average Bonchev–Trinajstić information content (AvgIpc) is 2.39. The van der Waals surface area contributed by atoms with E-state index in [0.717, 1.165) is 24.7 Å². The Bertz CT molecular complexity index is 422. The predicted octanol–water partition coefficient (Wildman–Crippen LogP) is 3.75. The molecule has 3 unspecified atom stereocenters. The number of nitrogens with zero attached hydrogens (tertiary/aromatic N) is 2. The number of hydrogen-bond acceptors (Lipinski definition) is 4. The molecule has 1 aliphatic carbocycles. The van der Waals surface area contributed by atoms with Crippen LogP contribution in [-0.4, -0.2) is 22.6 Å². The SMILES string of the molecule is CCNc1cncc(OC2CC(C)CCC2C(C)C)n1. The van der Waals surface area contributed by atoms with E-state index in [1.54, 1.807) is 12.4 Å². The van der Waals surface area contributed by atoms with Gasteiger partial charge in [-0.3, -0.25) is 4.98 Å². The van der Waals surface area contributed by atoms with Crippen LogP contribution < -0.4 is 10.1 Å². The number of anilines is 1. The van der Waals surface area contributed by atoms with Crippen molar-refractivity contribution in [2.24, 2.45) is 17.8 Å². The maximum absolute atomic E-state index is 6.17. The van der Waals surface area contributed by atoms with Crippen molar-refractivity contribution in [2.75, 3.05) is 11.9 Å². The monoisotopic (exact) mass is 277 g/mol. The zero-order valence-electron chi connectivity index (χ0n) is 13.1. The highest BCUT2D eigenvalue weighted by atomic mass is 16.5. The zero-order chi connectivity index (χ0) is 14.5. The van der Waals surface area contributed by atoms with Crippen LogP contribution in [0.3, 0.4) is 0 Å². The van der Waals surface area contributed by atoms with E-state index in [1.165, 1.54) is 12.8 Å². The third-order valence-corrected chi connectivity index (χ3v) is 4.20. The molecule has 0 amide bonds. The summed E-state index contributed by atoms with van der Waals surface area (Å²) in [6.07, 6.45) is 7.41. The van der Waals surface area contributed by atoms with E-state index in [4.69, 9.17) is 4.74 Å². The van der Waals surface area contributed by atoms with E-state index >= 15 is 0 Å². The molecule has 2 rings (SSSR count). The Labute approximate surface area is 122 Å². The van der Waals surface area contributed by atoms with Gasteiger partial charge in [0.05, 0.1) is 12.4 Å². The third kappa shape index (κ3) is 3.84. The average molecular weight is 277 g/mol. The minimum Gasteiger partial charge on any atom is -0.473 e. The molecule has 20 heavy (non-hydrogen) atoms. The maximum Gasteiger partial charge on any atom is 0.234 e. The minimum absolute atomic E-state index is 0.268. The minimum atomic E-state index is 0.268. The first-order chi connectivity index (χ1) is 9.60. The van der Waals surface area contributed by atoms with Crippen molar-refractivity contribution in [3.8, 4) is 5.88 Å². The second-order valence-electron chi connectivity index (χ2n) is 6.26. The van der Waals surface area contributed by atoms with Crippen LogP contribution in [0.2, 0.25) is 0 Å². The Morgan fingerprint density at radius 2 is 2.15 bits per heavy atom. The number of nitrogens with one attached hydrogen (secondary N) is 1. The van der Waals surface area contributed by atoms with Gasteiger partial charge in [0.15, 0.2) is 0 Å². The summed E-state index contributed by atoms with van der Waals surface area (Å²) in [5, 5.41) is 3.17. The summed E-state index contributed by atoms with van der Waals surface area (Å²) in [4.78, 5) is 8.69. The molecule has 1 aliphatic rings. The van der Waals surface area contributed by atoms with Gasteiger partial charge in [0.1, 0.15) is 11.9 Å². The Morgan fingerprint density at radius 3 is 2.85 bits per heavy atom. The van der Waals surface area contributed by atoms with Crippen molar-refractivity contribution < 1.29 is 4.74 Å². The molecule has 4 heteroatoms. The standard InChI is InChI=1S/C16H27N3O/c1-5-18-15-9-17-10-16(19-15)20-14-8-12(4)6-7-13(14)11(2)3/h9-14H,5-8H2,1-4H3,(H,18,19). The highest BCUT2D eigenvalue weighted by molar-refractivity contribution is 5.32. The molecule has 1 N–H and O–H groups in total. The van der Waals surface area contributed by atoms with Crippen molar-refractivity contribution in [3.05, 3.63) is 12.4 Å². The second kappa shape index (κ2) is 6.91. The lowest BCUT2D eigenvalue weighted by molar-refractivity contribution is 0.0424. The van der Waals surface area contributed by atoms with Crippen molar-refractivity contribution >= 4 is 5.82 Å². The first-order valence-electron chi connectivity index (χ1n) is 7.82. The van der Waals surface area contributed by atoms with Crippen LogP contribution in [0.25, 0.3) is 0 Å². The number of rotatable bonds is 5. The fraction of sp³-hybridized carbons (Fsp3) is 0.750. The van der Waals surface area contributed by atoms with Gasteiger partial charge in [0, 0.05) is 6.54 Å². The summed E-state index contributed by atoms with van der Waals surface area (Å²) in [6, 6.07) is 0. The summed E-state index contributed by atoms with van der Waals surface area (Å²) in [7, 11) is 0. The lowest BCUT2D eigenvalue weighted by Crippen LogP contribution is -2.36. The van der Waals surface area contributed by atoms with Gasteiger partial charge < -0.3 is 10.1 Å². The first-order valence-corrected chi connectivity index (χ1v) is 7.82. The Kier molecular flexibility index (Phi) is 5.21. The molecule has 112 valence electrons. The smallest absolute Gasteiger partial charge is 0.234 e. The summed E-state index contributed by atoms with van der Waals surface area (Å²) in [5.41, 5.74) is 0. The van der Waals surface area contributed by atoms with E-state index in [0.29, 0.717) is 17.7 Å². The van der Waals surface area contributed by atoms with E-state index in [-0.39, 0.29) is 6.10 Å². The number of hydrogen-bond donors (Lipinski definition) is 1. The molecule has 0 saturated heterocycles. The first kappa shape index (κ1) is 15.1. The van der Waals surface area contributed by atoms with Gasteiger partial charge in [-0.25, -0.2) is 0 Å². The second-order valence-corrected chi connectivity index (χ2v) is 6.26. The maximum atomic E-state index is 6.17. The van der Waals surface area contributed by atoms with Crippen LogP contribution in [0.5, 0.6) is 5.88 Å². The summed E-state index contributed by atoms with van der Waals surface area (Å²) >= 11 is 0. The molecule has 0 bridgehead atoms. The molecule has 1 saturated carbocycles. The highest BCUT2D eigenvalue weighted by Gasteiger charge is 2.32.